The molecule has 144 valence electrons. The molecule has 1 N–H and O–H groups in total. The van der Waals surface area contributed by atoms with Gasteiger partial charge >= 0.3 is 0 Å². The predicted octanol–water partition coefficient (Wildman–Crippen LogP) is 3.52. The fraction of sp³-hybridized carbons (Fsp3) is 0.455. The van der Waals surface area contributed by atoms with Crippen molar-refractivity contribution in [2.45, 2.75) is 26.9 Å². The first-order valence-corrected chi connectivity index (χ1v) is 9.86. The fourth-order valence-corrected chi connectivity index (χ4v) is 4.47. The van der Waals surface area contributed by atoms with E-state index in [1.54, 1.807) is 0 Å². The van der Waals surface area contributed by atoms with Gasteiger partial charge in [-0.3, -0.25) is 9.80 Å². The van der Waals surface area contributed by atoms with Gasteiger partial charge in [-0.25, -0.2) is 0 Å². The summed E-state index contributed by atoms with van der Waals surface area (Å²) in [7, 11) is 4.29. The minimum atomic E-state index is 0.391. The third-order valence-electron chi connectivity index (χ3n) is 5.71. The Labute approximate surface area is 162 Å². The quantitative estimate of drug-likeness (QED) is 0.899. The van der Waals surface area contributed by atoms with Crippen LogP contribution in [-0.2, 0) is 13.1 Å². The molecular weight excluding hydrogens is 336 g/mol. The van der Waals surface area contributed by atoms with E-state index in [0.29, 0.717) is 5.75 Å². The molecule has 0 saturated heterocycles. The Hall–Kier alpha value is -2.24. The molecule has 0 aromatic heterocycles. The van der Waals surface area contributed by atoms with Crippen molar-refractivity contribution in [1.29, 1.82) is 0 Å². The van der Waals surface area contributed by atoms with Gasteiger partial charge in [0.05, 0.1) is 19.0 Å². The Balaban J connectivity index is 1.76. The number of phenols is 1. The van der Waals surface area contributed by atoms with Gasteiger partial charge in [0.25, 0.3) is 0 Å². The molecule has 2 aromatic carbocycles. The molecule has 0 aliphatic carbocycles. The zero-order chi connectivity index (χ0) is 19.1. The molecule has 0 radical (unpaired) electrons. The number of nitrogens with zero attached hydrogens (tertiary/aromatic N) is 4. The van der Waals surface area contributed by atoms with E-state index >= 15 is 0 Å². The first-order chi connectivity index (χ1) is 13.0. The van der Waals surface area contributed by atoms with Gasteiger partial charge in [-0.1, -0.05) is 6.07 Å². The summed E-state index contributed by atoms with van der Waals surface area (Å²) in [6, 6.07) is 10.9. The van der Waals surface area contributed by atoms with Crippen LogP contribution in [-0.4, -0.2) is 55.4 Å². The van der Waals surface area contributed by atoms with Crippen molar-refractivity contribution in [2.24, 2.45) is 0 Å². The Morgan fingerprint density at radius 2 is 1.44 bits per heavy atom. The van der Waals surface area contributed by atoms with Crippen LogP contribution >= 0.6 is 0 Å². The minimum absolute atomic E-state index is 0.391. The van der Waals surface area contributed by atoms with Crippen molar-refractivity contribution in [3.63, 3.8) is 0 Å². The Morgan fingerprint density at radius 1 is 0.815 bits per heavy atom. The van der Waals surface area contributed by atoms with Crippen molar-refractivity contribution in [3.05, 3.63) is 41.5 Å². The van der Waals surface area contributed by atoms with Crippen LogP contribution in [0, 0.1) is 0 Å². The van der Waals surface area contributed by atoms with Crippen molar-refractivity contribution in [1.82, 2.24) is 9.80 Å². The van der Waals surface area contributed by atoms with Gasteiger partial charge in [-0.05, 0) is 74.5 Å². The lowest BCUT2D eigenvalue weighted by Gasteiger charge is -2.37. The summed E-state index contributed by atoms with van der Waals surface area (Å²) in [5, 5.41) is 10.8. The van der Waals surface area contributed by atoms with Crippen LogP contribution in [0.3, 0.4) is 0 Å². The zero-order valence-electron chi connectivity index (χ0n) is 16.9. The van der Waals surface area contributed by atoms with Crippen LogP contribution in [0.4, 0.5) is 11.4 Å². The second-order valence-electron chi connectivity index (χ2n) is 7.87. The Morgan fingerprint density at radius 3 is 2.15 bits per heavy atom. The SMILES string of the molecule is CCN1CN(C)Cc2cc(-c3cc(O)c4c(c3)CN(C)CN4CC)ccc21. The van der Waals surface area contributed by atoms with Crippen LogP contribution in [0.1, 0.15) is 25.0 Å². The number of hydrogen-bond acceptors (Lipinski definition) is 5. The third kappa shape index (κ3) is 3.26. The number of phenolic OH excluding ortho intramolecular Hbond substituents is 1. The average Bonchev–Trinajstić information content (AvgIpc) is 2.65. The summed E-state index contributed by atoms with van der Waals surface area (Å²) in [4.78, 5) is 9.27. The second-order valence-corrected chi connectivity index (χ2v) is 7.87. The van der Waals surface area contributed by atoms with Crippen LogP contribution in [0.25, 0.3) is 11.1 Å². The lowest BCUT2D eigenvalue weighted by atomic mass is 9.96. The first-order valence-electron chi connectivity index (χ1n) is 9.86. The minimum Gasteiger partial charge on any atom is -0.506 e. The van der Waals surface area contributed by atoms with E-state index in [9.17, 15) is 5.11 Å². The number of rotatable bonds is 3. The molecule has 0 saturated carbocycles. The number of benzene rings is 2. The van der Waals surface area contributed by atoms with Crippen molar-refractivity contribution in [2.75, 3.05) is 50.3 Å². The number of anilines is 2. The van der Waals surface area contributed by atoms with E-state index in [1.165, 1.54) is 22.4 Å². The monoisotopic (exact) mass is 366 g/mol. The third-order valence-corrected chi connectivity index (χ3v) is 5.71. The zero-order valence-corrected chi connectivity index (χ0v) is 16.9. The maximum Gasteiger partial charge on any atom is 0.139 e. The summed E-state index contributed by atoms with van der Waals surface area (Å²) in [5.74, 6) is 0.391. The van der Waals surface area contributed by atoms with Gasteiger partial charge in [0.2, 0.25) is 0 Å². The van der Waals surface area contributed by atoms with Crippen LogP contribution in [0.15, 0.2) is 30.3 Å². The highest BCUT2D eigenvalue weighted by Gasteiger charge is 2.24. The molecule has 2 aliphatic rings. The number of fused-ring (bicyclic) bond motifs is 2. The number of hydrogen-bond donors (Lipinski definition) is 1. The van der Waals surface area contributed by atoms with Gasteiger partial charge in [0, 0.05) is 31.9 Å². The summed E-state index contributed by atoms with van der Waals surface area (Å²) in [5.41, 5.74) is 7.15. The van der Waals surface area contributed by atoms with Gasteiger partial charge in [0.1, 0.15) is 5.75 Å². The molecule has 5 nitrogen and oxygen atoms in total. The van der Waals surface area contributed by atoms with Crippen molar-refractivity contribution >= 4 is 11.4 Å². The highest BCUT2D eigenvalue weighted by Crippen LogP contribution is 2.40. The maximum atomic E-state index is 10.8. The lowest BCUT2D eigenvalue weighted by Crippen LogP contribution is -2.40. The van der Waals surface area contributed by atoms with Crippen LogP contribution in [0.5, 0.6) is 5.75 Å². The molecule has 2 aromatic rings. The first kappa shape index (κ1) is 18.1. The molecule has 27 heavy (non-hydrogen) atoms. The van der Waals surface area contributed by atoms with Gasteiger partial charge in [0.15, 0.2) is 0 Å². The summed E-state index contributed by atoms with van der Waals surface area (Å²) in [6.45, 7) is 9.89. The Kier molecular flexibility index (Phi) is 4.74. The van der Waals surface area contributed by atoms with Gasteiger partial charge in [-0.2, -0.15) is 0 Å². The van der Waals surface area contributed by atoms with E-state index in [2.05, 4.69) is 71.8 Å². The number of aromatic hydroxyl groups is 1. The molecule has 2 heterocycles. The molecule has 4 rings (SSSR count). The van der Waals surface area contributed by atoms with E-state index in [0.717, 1.165) is 50.8 Å². The van der Waals surface area contributed by atoms with E-state index in [-0.39, 0.29) is 0 Å². The molecule has 5 heteroatoms. The smallest absolute Gasteiger partial charge is 0.139 e. The van der Waals surface area contributed by atoms with E-state index in [4.69, 9.17) is 0 Å². The summed E-state index contributed by atoms with van der Waals surface area (Å²) in [6.07, 6.45) is 0. The van der Waals surface area contributed by atoms with E-state index in [1.807, 2.05) is 6.07 Å². The molecule has 0 amide bonds. The summed E-state index contributed by atoms with van der Waals surface area (Å²) >= 11 is 0. The molecular formula is C22H30N4O. The van der Waals surface area contributed by atoms with Crippen molar-refractivity contribution < 1.29 is 5.11 Å². The standard InChI is InChI=1S/C22H30N4O/c1-5-25-14-23(3)12-18-9-16(7-8-20(18)25)17-10-19-13-24(4)15-26(6-2)22(19)21(27)11-17/h7-11,27H,5-6,12-15H2,1-4H3. The molecule has 0 fully saturated rings. The normalized spacial score (nSPS) is 17.8. The predicted molar refractivity (Wildman–Crippen MR) is 112 cm³/mol. The highest BCUT2D eigenvalue weighted by molar-refractivity contribution is 5.77. The summed E-state index contributed by atoms with van der Waals surface area (Å²) < 4.78 is 0. The molecule has 0 atom stereocenters. The fourth-order valence-electron chi connectivity index (χ4n) is 4.47. The topological polar surface area (TPSA) is 33.2 Å². The molecule has 2 aliphatic heterocycles. The van der Waals surface area contributed by atoms with E-state index < -0.39 is 0 Å². The molecule has 0 unspecified atom stereocenters. The highest BCUT2D eigenvalue weighted by atomic mass is 16.3. The molecule has 0 spiro atoms. The second kappa shape index (κ2) is 7.06. The maximum absolute atomic E-state index is 10.8. The van der Waals surface area contributed by atoms with Crippen molar-refractivity contribution in [3.8, 4) is 16.9 Å². The average molecular weight is 367 g/mol. The van der Waals surface area contributed by atoms with Crippen LogP contribution < -0.4 is 9.80 Å². The van der Waals surface area contributed by atoms with Crippen LogP contribution in [0.2, 0.25) is 0 Å². The molecule has 0 bridgehead atoms. The van der Waals surface area contributed by atoms with Gasteiger partial charge < -0.3 is 14.9 Å². The Bertz CT molecular complexity index is 850. The largest absolute Gasteiger partial charge is 0.506 e. The lowest BCUT2D eigenvalue weighted by molar-refractivity contribution is 0.307. The van der Waals surface area contributed by atoms with Gasteiger partial charge in [-0.15, -0.1) is 0 Å².